The van der Waals surface area contributed by atoms with E-state index in [2.05, 4.69) is 5.16 Å². The summed E-state index contributed by atoms with van der Waals surface area (Å²) in [6.45, 7) is 1.97. The lowest BCUT2D eigenvalue weighted by atomic mass is 10.00. The monoisotopic (exact) mass is 414 g/mol. The molecule has 0 aliphatic heterocycles. The Bertz CT molecular complexity index is 1090. The number of benzene rings is 2. The van der Waals surface area contributed by atoms with Crippen LogP contribution in [0.3, 0.4) is 0 Å². The SMILES string of the molecule is COCCC(=O)N(C)S(=O)(=O)c1ccc(-c2c(-c3ccccc3)noc2C)cc1. The van der Waals surface area contributed by atoms with Crippen LogP contribution in [0, 0.1) is 6.92 Å². The van der Waals surface area contributed by atoms with E-state index in [9.17, 15) is 13.2 Å². The van der Waals surface area contributed by atoms with E-state index in [0.29, 0.717) is 11.5 Å². The molecule has 0 bridgehead atoms. The smallest absolute Gasteiger partial charge is 0.266 e. The van der Waals surface area contributed by atoms with Gasteiger partial charge in [0, 0.05) is 19.7 Å². The Labute approximate surface area is 169 Å². The number of methoxy groups -OCH3 is 1. The molecule has 1 aromatic heterocycles. The number of ether oxygens (including phenoxy) is 1. The largest absolute Gasteiger partial charge is 0.384 e. The molecule has 0 radical (unpaired) electrons. The number of nitrogens with zero attached hydrogens (tertiary/aromatic N) is 2. The summed E-state index contributed by atoms with van der Waals surface area (Å²) in [7, 11) is -1.23. The van der Waals surface area contributed by atoms with Crippen molar-refractivity contribution in [1.29, 1.82) is 0 Å². The molecular weight excluding hydrogens is 392 g/mol. The first-order valence-electron chi connectivity index (χ1n) is 8.99. The molecule has 0 unspecified atom stereocenters. The van der Waals surface area contributed by atoms with Gasteiger partial charge < -0.3 is 9.26 Å². The minimum atomic E-state index is -3.94. The second kappa shape index (κ2) is 8.59. The van der Waals surface area contributed by atoms with E-state index in [4.69, 9.17) is 9.26 Å². The molecule has 3 aromatic rings. The Hall–Kier alpha value is -2.97. The van der Waals surface area contributed by atoms with Crippen molar-refractivity contribution in [3.8, 4) is 22.4 Å². The Morgan fingerprint density at radius 2 is 1.72 bits per heavy atom. The third kappa shape index (κ3) is 4.23. The van der Waals surface area contributed by atoms with Crippen molar-refractivity contribution in [2.45, 2.75) is 18.2 Å². The average Bonchev–Trinajstić information content (AvgIpc) is 3.13. The molecule has 0 saturated carbocycles. The first-order valence-corrected chi connectivity index (χ1v) is 10.4. The Balaban J connectivity index is 1.92. The second-order valence-corrected chi connectivity index (χ2v) is 8.43. The maximum Gasteiger partial charge on any atom is 0.266 e. The standard InChI is InChI=1S/C21H22N2O5S/c1-15-20(21(22-28-15)17-7-5-4-6-8-17)16-9-11-18(12-10-16)29(25,26)23(2)19(24)13-14-27-3/h4-12H,13-14H2,1-3H3. The van der Waals surface area contributed by atoms with Crippen LogP contribution in [0.1, 0.15) is 12.2 Å². The summed E-state index contributed by atoms with van der Waals surface area (Å²) in [5, 5.41) is 4.16. The Kier molecular flexibility index (Phi) is 6.14. The molecule has 0 aliphatic carbocycles. The van der Waals surface area contributed by atoms with Gasteiger partial charge in [0.1, 0.15) is 11.5 Å². The molecule has 8 heteroatoms. The van der Waals surface area contributed by atoms with Gasteiger partial charge in [-0.05, 0) is 24.6 Å². The minimum absolute atomic E-state index is 0.00929. The minimum Gasteiger partial charge on any atom is -0.384 e. The highest BCUT2D eigenvalue weighted by Gasteiger charge is 2.25. The molecule has 0 fully saturated rings. The molecule has 1 heterocycles. The zero-order chi connectivity index (χ0) is 21.0. The number of sulfonamides is 1. The number of carbonyl (C=O) groups excluding carboxylic acids is 1. The van der Waals surface area contributed by atoms with Gasteiger partial charge >= 0.3 is 0 Å². The van der Waals surface area contributed by atoms with Gasteiger partial charge in [-0.25, -0.2) is 12.7 Å². The summed E-state index contributed by atoms with van der Waals surface area (Å²) in [4.78, 5) is 12.1. The van der Waals surface area contributed by atoms with Crippen LogP contribution in [-0.2, 0) is 19.6 Å². The molecule has 0 aliphatic rings. The predicted octanol–water partition coefficient (Wildman–Crippen LogP) is 3.50. The summed E-state index contributed by atoms with van der Waals surface area (Å²) >= 11 is 0. The maximum atomic E-state index is 12.7. The van der Waals surface area contributed by atoms with Crippen LogP contribution in [0.25, 0.3) is 22.4 Å². The van der Waals surface area contributed by atoms with E-state index in [1.807, 2.05) is 37.3 Å². The van der Waals surface area contributed by atoms with Crippen molar-refractivity contribution in [2.24, 2.45) is 0 Å². The van der Waals surface area contributed by atoms with Gasteiger partial charge in [0.25, 0.3) is 10.0 Å². The number of rotatable bonds is 7. The lowest BCUT2D eigenvalue weighted by molar-refractivity contribution is -0.126. The zero-order valence-corrected chi connectivity index (χ0v) is 17.3. The highest BCUT2D eigenvalue weighted by molar-refractivity contribution is 7.89. The van der Waals surface area contributed by atoms with Crippen molar-refractivity contribution in [3.05, 3.63) is 60.4 Å². The van der Waals surface area contributed by atoms with Gasteiger partial charge in [-0.1, -0.05) is 47.6 Å². The number of aryl methyl sites for hydroxylation is 1. The van der Waals surface area contributed by atoms with Crippen LogP contribution in [0.15, 0.2) is 64.0 Å². The molecule has 0 N–H and O–H groups in total. The molecule has 0 saturated heterocycles. The molecule has 2 aromatic carbocycles. The Morgan fingerprint density at radius 3 is 2.34 bits per heavy atom. The number of aromatic nitrogens is 1. The number of carbonyl (C=O) groups is 1. The van der Waals surface area contributed by atoms with Gasteiger partial charge in [0.15, 0.2) is 0 Å². The van der Waals surface area contributed by atoms with E-state index in [-0.39, 0.29) is 17.9 Å². The molecule has 0 spiro atoms. The van der Waals surface area contributed by atoms with Gasteiger partial charge in [-0.2, -0.15) is 0 Å². The van der Waals surface area contributed by atoms with Gasteiger partial charge in [-0.15, -0.1) is 0 Å². The molecule has 7 nitrogen and oxygen atoms in total. The molecular formula is C21H22N2O5S. The van der Waals surface area contributed by atoms with Crippen LogP contribution in [0.2, 0.25) is 0 Å². The molecule has 0 atom stereocenters. The van der Waals surface area contributed by atoms with Crippen LogP contribution in [0.4, 0.5) is 0 Å². The first-order chi connectivity index (χ1) is 13.9. The van der Waals surface area contributed by atoms with Gasteiger partial charge in [0.05, 0.1) is 23.5 Å². The topological polar surface area (TPSA) is 89.7 Å². The van der Waals surface area contributed by atoms with Crippen molar-refractivity contribution in [3.63, 3.8) is 0 Å². The highest BCUT2D eigenvalue weighted by atomic mass is 32.2. The second-order valence-electron chi connectivity index (χ2n) is 6.46. The quantitative estimate of drug-likeness (QED) is 0.588. The average molecular weight is 414 g/mol. The fourth-order valence-electron chi connectivity index (χ4n) is 2.94. The van der Waals surface area contributed by atoms with Crippen LogP contribution in [-0.4, -0.2) is 44.6 Å². The number of hydrogen-bond acceptors (Lipinski definition) is 6. The number of amides is 1. The molecule has 152 valence electrons. The molecule has 29 heavy (non-hydrogen) atoms. The third-order valence-corrected chi connectivity index (χ3v) is 6.38. The molecule has 1 amide bonds. The van der Waals surface area contributed by atoms with Crippen molar-refractivity contribution in [2.75, 3.05) is 20.8 Å². The van der Waals surface area contributed by atoms with E-state index in [1.165, 1.54) is 26.3 Å². The number of hydrogen-bond donors (Lipinski definition) is 0. The summed E-state index contributed by atoms with van der Waals surface area (Å²) in [5.74, 6) is 0.100. The van der Waals surface area contributed by atoms with Crippen LogP contribution in [0.5, 0.6) is 0 Å². The lowest BCUT2D eigenvalue weighted by Gasteiger charge is -2.17. The Morgan fingerprint density at radius 1 is 1.07 bits per heavy atom. The fraction of sp³-hybridized carbons (Fsp3) is 0.238. The van der Waals surface area contributed by atoms with Gasteiger partial charge in [0.2, 0.25) is 5.91 Å². The van der Waals surface area contributed by atoms with Crippen molar-refractivity contribution in [1.82, 2.24) is 9.46 Å². The van der Waals surface area contributed by atoms with Crippen LogP contribution < -0.4 is 0 Å². The highest BCUT2D eigenvalue weighted by Crippen LogP contribution is 2.34. The lowest BCUT2D eigenvalue weighted by Crippen LogP contribution is -2.33. The maximum absolute atomic E-state index is 12.7. The molecule has 3 rings (SSSR count). The summed E-state index contributed by atoms with van der Waals surface area (Å²) in [5.41, 5.74) is 3.16. The van der Waals surface area contributed by atoms with E-state index < -0.39 is 15.9 Å². The fourth-order valence-corrected chi connectivity index (χ4v) is 4.09. The van der Waals surface area contributed by atoms with Crippen LogP contribution >= 0.6 is 0 Å². The van der Waals surface area contributed by atoms with E-state index in [0.717, 1.165) is 21.0 Å². The van der Waals surface area contributed by atoms with Gasteiger partial charge in [-0.3, -0.25) is 4.79 Å². The zero-order valence-electron chi connectivity index (χ0n) is 16.5. The van der Waals surface area contributed by atoms with E-state index >= 15 is 0 Å². The van der Waals surface area contributed by atoms with Crippen molar-refractivity contribution < 1.29 is 22.5 Å². The normalized spacial score (nSPS) is 11.4. The third-order valence-electron chi connectivity index (χ3n) is 4.58. The predicted molar refractivity (Wildman–Crippen MR) is 109 cm³/mol. The van der Waals surface area contributed by atoms with Crippen molar-refractivity contribution >= 4 is 15.9 Å². The summed E-state index contributed by atoms with van der Waals surface area (Å²) in [6.07, 6.45) is -0.00929. The van der Waals surface area contributed by atoms with E-state index in [1.54, 1.807) is 12.1 Å². The summed E-state index contributed by atoms with van der Waals surface area (Å²) < 4.78 is 36.4. The first kappa shape index (κ1) is 20.8. The summed E-state index contributed by atoms with van der Waals surface area (Å²) in [6, 6.07) is 15.9.